The topological polar surface area (TPSA) is 135 Å². The average Bonchev–Trinajstić information content (AvgIpc) is 3.25. The van der Waals surface area contributed by atoms with Crippen LogP contribution in [0.25, 0.3) is 10.2 Å². The van der Waals surface area contributed by atoms with E-state index < -0.39 is 18.3 Å². The molecule has 2 N–H and O–H groups in total. The third-order valence-electron chi connectivity index (χ3n) is 7.52. The second-order valence-electron chi connectivity index (χ2n) is 11.1. The molecule has 13 heteroatoms. The summed E-state index contributed by atoms with van der Waals surface area (Å²) < 4.78 is 16.3. The van der Waals surface area contributed by atoms with E-state index in [1.807, 2.05) is 4.90 Å². The zero-order chi connectivity index (χ0) is 30.8. The second kappa shape index (κ2) is 16.8. The lowest BCUT2D eigenvalue weighted by Gasteiger charge is -2.38. The van der Waals surface area contributed by atoms with E-state index in [0.717, 1.165) is 20.8 Å². The SMILES string of the molecule is COCC(=O)N1C[C@H](CC(C)C)N(C(=O)CSc2ncnc3sc(C)c(C)c23)CCCCOC[C@@H](O)[C@@H](O)[C@H](OC)C1. The van der Waals surface area contributed by atoms with E-state index in [4.69, 9.17) is 14.2 Å². The zero-order valence-electron chi connectivity index (χ0n) is 25.6. The van der Waals surface area contributed by atoms with Crippen LogP contribution in [-0.4, -0.2) is 126 Å². The summed E-state index contributed by atoms with van der Waals surface area (Å²) in [5.41, 5.74) is 1.13. The van der Waals surface area contributed by atoms with Crippen LogP contribution in [0.5, 0.6) is 0 Å². The first-order valence-electron chi connectivity index (χ1n) is 14.4. The summed E-state index contributed by atoms with van der Waals surface area (Å²) in [4.78, 5) is 41.7. The van der Waals surface area contributed by atoms with Gasteiger partial charge in [-0.05, 0) is 44.6 Å². The molecule has 42 heavy (non-hydrogen) atoms. The van der Waals surface area contributed by atoms with Crippen molar-refractivity contribution in [2.45, 2.75) is 76.3 Å². The molecule has 11 nitrogen and oxygen atoms in total. The summed E-state index contributed by atoms with van der Waals surface area (Å²) in [6.45, 7) is 9.25. The third kappa shape index (κ3) is 9.31. The van der Waals surface area contributed by atoms with Gasteiger partial charge in [0.15, 0.2) is 0 Å². The number of ether oxygens (including phenoxy) is 3. The smallest absolute Gasteiger partial charge is 0.248 e. The number of thiophene rings is 1. The van der Waals surface area contributed by atoms with Crippen molar-refractivity contribution in [3.8, 4) is 0 Å². The van der Waals surface area contributed by atoms with Crippen LogP contribution >= 0.6 is 23.1 Å². The Morgan fingerprint density at radius 3 is 2.62 bits per heavy atom. The van der Waals surface area contributed by atoms with Crippen molar-refractivity contribution in [2.75, 3.05) is 59.4 Å². The number of hydrogen-bond acceptors (Lipinski definition) is 11. The molecule has 0 saturated carbocycles. The molecule has 0 spiro atoms. The molecule has 236 valence electrons. The average molecular weight is 627 g/mol. The molecular formula is C29H46N4O7S2. The summed E-state index contributed by atoms with van der Waals surface area (Å²) in [5.74, 6) is 0.131. The fourth-order valence-electron chi connectivity index (χ4n) is 5.15. The number of rotatable bonds is 8. The number of aliphatic hydroxyl groups is 2. The van der Waals surface area contributed by atoms with Crippen LogP contribution in [-0.2, 0) is 23.8 Å². The van der Waals surface area contributed by atoms with Crippen LogP contribution in [0.3, 0.4) is 0 Å². The number of aromatic nitrogens is 2. The summed E-state index contributed by atoms with van der Waals surface area (Å²) in [5, 5.41) is 23.1. The van der Waals surface area contributed by atoms with E-state index in [-0.39, 0.29) is 55.8 Å². The van der Waals surface area contributed by atoms with Gasteiger partial charge in [-0.1, -0.05) is 25.6 Å². The Morgan fingerprint density at radius 1 is 1.17 bits per heavy atom. The molecule has 1 aliphatic rings. The van der Waals surface area contributed by atoms with Crippen molar-refractivity contribution in [3.63, 3.8) is 0 Å². The second-order valence-corrected chi connectivity index (χ2v) is 13.3. The Hall–Kier alpha value is -1.87. The molecule has 2 amide bonds. The predicted octanol–water partition coefficient (Wildman–Crippen LogP) is 2.67. The van der Waals surface area contributed by atoms with Gasteiger partial charge < -0.3 is 34.2 Å². The van der Waals surface area contributed by atoms with Gasteiger partial charge in [0.25, 0.3) is 0 Å². The Kier molecular flexibility index (Phi) is 13.9. The van der Waals surface area contributed by atoms with Crippen molar-refractivity contribution in [3.05, 3.63) is 16.8 Å². The lowest BCUT2D eigenvalue weighted by molar-refractivity contribution is -0.145. The fourth-order valence-corrected chi connectivity index (χ4v) is 7.15. The van der Waals surface area contributed by atoms with Crippen molar-refractivity contribution in [1.82, 2.24) is 19.8 Å². The van der Waals surface area contributed by atoms with Gasteiger partial charge in [0.1, 0.15) is 41.1 Å². The molecule has 3 heterocycles. The van der Waals surface area contributed by atoms with Crippen molar-refractivity contribution in [1.29, 1.82) is 0 Å². The number of aryl methyl sites for hydroxylation is 2. The maximum Gasteiger partial charge on any atom is 0.248 e. The van der Waals surface area contributed by atoms with E-state index in [0.29, 0.717) is 32.4 Å². The minimum atomic E-state index is -1.26. The van der Waals surface area contributed by atoms with E-state index in [1.165, 1.54) is 30.9 Å². The monoisotopic (exact) mass is 626 g/mol. The number of carbonyl (C=O) groups excluding carboxylic acids is 2. The highest BCUT2D eigenvalue weighted by molar-refractivity contribution is 8.00. The van der Waals surface area contributed by atoms with Crippen molar-refractivity contribution < 1.29 is 34.0 Å². The number of fused-ring (bicyclic) bond motifs is 1. The van der Waals surface area contributed by atoms with Crippen LogP contribution in [0.2, 0.25) is 0 Å². The van der Waals surface area contributed by atoms with Gasteiger partial charge in [-0.2, -0.15) is 0 Å². The van der Waals surface area contributed by atoms with Gasteiger partial charge in [-0.25, -0.2) is 9.97 Å². The highest BCUT2D eigenvalue weighted by Gasteiger charge is 2.33. The number of aliphatic hydroxyl groups excluding tert-OH is 2. The molecule has 1 fully saturated rings. The Balaban J connectivity index is 1.91. The molecule has 3 rings (SSSR count). The van der Waals surface area contributed by atoms with E-state index in [1.54, 1.807) is 22.6 Å². The molecule has 4 atom stereocenters. The van der Waals surface area contributed by atoms with Crippen LogP contribution in [0.4, 0.5) is 0 Å². The van der Waals surface area contributed by atoms with Crippen molar-refractivity contribution in [2.24, 2.45) is 5.92 Å². The normalized spacial score (nSPS) is 23.4. The van der Waals surface area contributed by atoms with Crippen LogP contribution in [0, 0.1) is 19.8 Å². The summed E-state index contributed by atoms with van der Waals surface area (Å²) >= 11 is 3.04. The Morgan fingerprint density at radius 2 is 1.93 bits per heavy atom. The largest absolute Gasteiger partial charge is 0.388 e. The molecule has 0 aromatic carbocycles. The molecule has 1 saturated heterocycles. The van der Waals surface area contributed by atoms with Gasteiger partial charge >= 0.3 is 0 Å². The molecule has 0 bridgehead atoms. The highest BCUT2D eigenvalue weighted by Crippen LogP contribution is 2.34. The minimum absolute atomic E-state index is 0.0258. The maximum atomic E-state index is 14.0. The molecule has 0 unspecified atom stereocenters. The van der Waals surface area contributed by atoms with E-state index in [2.05, 4.69) is 37.7 Å². The fraction of sp³-hybridized carbons (Fsp3) is 0.724. The number of amides is 2. The molecule has 0 radical (unpaired) electrons. The van der Waals surface area contributed by atoms with E-state index >= 15 is 0 Å². The zero-order valence-corrected chi connectivity index (χ0v) is 27.2. The third-order valence-corrected chi connectivity index (χ3v) is 9.61. The van der Waals surface area contributed by atoms with Gasteiger partial charge in [0.05, 0.1) is 12.4 Å². The number of hydrogen-bond donors (Lipinski definition) is 2. The lowest BCUT2D eigenvalue weighted by atomic mass is 10.00. The summed E-state index contributed by atoms with van der Waals surface area (Å²) in [6.07, 6.45) is 0.303. The number of nitrogens with zero attached hydrogens (tertiary/aromatic N) is 4. The number of carbonyl (C=O) groups is 2. The standard InChI is InChI=1S/C29H46N4O7S2/c1-18(2)11-21-12-32(24(35)15-38-5)13-23(39-6)27(37)22(34)14-40-10-8-7-9-33(21)25(36)16-41-28-26-19(3)20(4)42-29(26)31-17-30-28/h17-18,21-23,27,34,37H,7-16H2,1-6H3/t21-,22+,23+,27+/m0/s1. The van der Waals surface area contributed by atoms with E-state index in [9.17, 15) is 19.8 Å². The number of methoxy groups -OCH3 is 2. The first-order valence-corrected chi connectivity index (χ1v) is 16.2. The molecule has 2 aromatic rings. The molecule has 1 aliphatic heterocycles. The molecular weight excluding hydrogens is 580 g/mol. The summed E-state index contributed by atoms with van der Waals surface area (Å²) in [6, 6.07) is -0.280. The van der Waals surface area contributed by atoms with Gasteiger partial charge in [-0.3, -0.25) is 9.59 Å². The maximum absolute atomic E-state index is 14.0. The van der Waals surface area contributed by atoms with Gasteiger partial charge in [0.2, 0.25) is 11.8 Å². The summed E-state index contributed by atoms with van der Waals surface area (Å²) in [7, 11) is 2.88. The van der Waals surface area contributed by atoms with Gasteiger partial charge in [0, 0.05) is 56.8 Å². The molecule has 0 aliphatic carbocycles. The lowest BCUT2D eigenvalue weighted by Crippen LogP contribution is -2.54. The Bertz CT molecular complexity index is 1160. The predicted molar refractivity (Wildman–Crippen MR) is 164 cm³/mol. The van der Waals surface area contributed by atoms with Crippen LogP contribution < -0.4 is 0 Å². The van der Waals surface area contributed by atoms with Crippen LogP contribution in [0.1, 0.15) is 43.6 Å². The minimum Gasteiger partial charge on any atom is -0.388 e. The number of thioether (sulfide) groups is 1. The quantitative estimate of drug-likeness (QED) is 0.333. The Labute approximate surface area is 256 Å². The first-order chi connectivity index (χ1) is 20.1. The molecule has 2 aromatic heterocycles. The van der Waals surface area contributed by atoms with Crippen LogP contribution in [0.15, 0.2) is 11.4 Å². The first kappa shape index (κ1) is 34.6. The highest BCUT2D eigenvalue weighted by atomic mass is 32.2. The van der Waals surface area contributed by atoms with Crippen molar-refractivity contribution >= 4 is 45.1 Å². The van der Waals surface area contributed by atoms with Gasteiger partial charge in [-0.15, -0.1) is 11.3 Å².